The smallest absolute Gasteiger partial charge is 0.266 e. The van der Waals surface area contributed by atoms with E-state index < -0.39 is 0 Å². The topological polar surface area (TPSA) is 62.6 Å². The first kappa shape index (κ1) is 16.5. The number of rotatable bonds is 5. The van der Waals surface area contributed by atoms with E-state index in [1.54, 1.807) is 6.07 Å². The summed E-state index contributed by atoms with van der Waals surface area (Å²) in [4.78, 5) is 12.0. The third-order valence-electron chi connectivity index (χ3n) is 3.66. The largest absolute Gasteiger partial charge is 0.490 e. The van der Waals surface area contributed by atoms with Crippen molar-refractivity contribution in [3.05, 3.63) is 40.7 Å². The van der Waals surface area contributed by atoms with Crippen LogP contribution in [0.25, 0.3) is 11.3 Å². The molecule has 0 fully saturated rings. The quantitative estimate of drug-likeness (QED) is 0.843. The van der Waals surface area contributed by atoms with Crippen LogP contribution in [0, 0.1) is 0 Å². The van der Waals surface area contributed by atoms with Crippen molar-refractivity contribution in [2.24, 2.45) is 0 Å². The van der Waals surface area contributed by atoms with Crippen molar-refractivity contribution in [3.8, 4) is 22.8 Å². The van der Waals surface area contributed by atoms with Crippen molar-refractivity contribution in [3.63, 3.8) is 0 Å². The van der Waals surface area contributed by atoms with Crippen molar-refractivity contribution in [2.45, 2.75) is 32.9 Å². The van der Waals surface area contributed by atoms with E-state index in [-0.39, 0.29) is 11.7 Å². The highest BCUT2D eigenvalue weighted by Crippen LogP contribution is 2.33. The molecule has 128 valence electrons. The predicted octanol–water partition coefficient (Wildman–Crippen LogP) is 2.50. The summed E-state index contributed by atoms with van der Waals surface area (Å²) in [6, 6.07) is 8.97. The molecule has 0 radical (unpaired) electrons. The number of aromatic nitrogens is 2. The van der Waals surface area contributed by atoms with Crippen molar-refractivity contribution in [1.29, 1.82) is 0 Å². The Morgan fingerprint density at radius 3 is 2.75 bits per heavy atom. The van der Waals surface area contributed by atoms with Crippen LogP contribution in [0.1, 0.15) is 20.3 Å². The van der Waals surface area contributed by atoms with Crippen molar-refractivity contribution in [2.75, 3.05) is 19.8 Å². The summed E-state index contributed by atoms with van der Waals surface area (Å²) in [6.07, 6.45) is 0.994. The molecular formula is C18H22N2O4. The molecule has 1 aromatic heterocycles. The molecule has 0 unspecified atom stereocenters. The van der Waals surface area contributed by atoms with Gasteiger partial charge in [0.05, 0.1) is 38.2 Å². The Kier molecular flexibility index (Phi) is 5.15. The van der Waals surface area contributed by atoms with E-state index in [9.17, 15) is 4.79 Å². The lowest BCUT2D eigenvalue weighted by Crippen LogP contribution is -2.25. The molecule has 1 aliphatic rings. The highest BCUT2D eigenvalue weighted by Gasteiger charge is 2.12. The number of nitrogens with zero attached hydrogens (tertiary/aromatic N) is 2. The maximum atomic E-state index is 12.0. The Morgan fingerprint density at radius 2 is 1.96 bits per heavy atom. The summed E-state index contributed by atoms with van der Waals surface area (Å²) in [6.45, 7) is 6.10. The number of hydrogen-bond acceptors (Lipinski definition) is 5. The average molecular weight is 330 g/mol. The Labute approximate surface area is 141 Å². The molecule has 0 spiro atoms. The summed E-state index contributed by atoms with van der Waals surface area (Å²) < 4.78 is 18.3. The van der Waals surface area contributed by atoms with E-state index in [0.29, 0.717) is 32.1 Å². The van der Waals surface area contributed by atoms with E-state index in [1.807, 2.05) is 32.0 Å². The second-order valence-electron chi connectivity index (χ2n) is 5.91. The summed E-state index contributed by atoms with van der Waals surface area (Å²) in [5.41, 5.74) is 1.47. The van der Waals surface area contributed by atoms with Gasteiger partial charge in [0, 0.05) is 18.1 Å². The Morgan fingerprint density at radius 1 is 1.17 bits per heavy atom. The first-order valence-electron chi connectivity index (χ1n) is 8.23. The van der Waals surface area contributed by atoms with Gasteiger partial charge in [0.2, 0.25) is 0 Å². The molecular weight excluding hydrogens is 308 g/mol. The summed E-state index contributed by atoms with van der Waals surface area (Å²) in [5.74, 6) is 1.46. The number of fused-ring (bicyclic) bond motifs is 1. The summed E-state index contributed by atoms with van der Waals surface area (Å²) in [5, 5.41) is 4.44. The fourth-order valence-electron chi connectivity index (χ4n) is 2.46. The number of benzene rings is 1. The summed E-state index contributed by atoms with van der Waals surface area (Å²) >= 11 is 0. The molecule has 0 amide bonds. The van der Waals surface area contributed by atoms with Gasteiger partial charge in [0.15, 0.2) is 11.5 Å². The van der Waals surface area contributed by atoms with Gasteiger partial charge in [0.1, 0.15) is 0 Å². The van der Waals surface area contributed by atoms with Crippen LogP contribution in [0.15, 0.2) is 35.1 Å². The predicted molar refractivity (Wildman–Crippen MR) is 90.6 cm³/mol. The first-order chi connectivity index (χ1) is 11.6. The molecule has 0 saturated heterocycles. The van der Waals surface area contributed by atoms with Crippen LogP contribution in [0.3, 0.4) is 0 Å². The molecule has 0 atom stereocenters. The molecule has 0 N–H and O–H groups in total. The van der Waals surface area contributed by atoms with Crippen LogP contribution in [0.4, 0.5) is 0 Å². The fraction of sp³-hybridized carbons (Fsp3) is 0.444. The lowest BCUT2D eigenvalue weighted by Gasteiger charge is -2.11. The first-order valence-corrected chi connectivity index (χ1v) is 8.23. The van der Waals surface area contributed by atoms with Crippen molar-refractivity contribution < 1.29 is 14.2 Å². The van der Waals surface area contributed by atoms with Gasteiger partial charge < -0.3 is 14.2 Å². The SMILES string of the molecule is CC(C)OCCn1nc(-c2ccc3c(c2)OCCCO3)ccc1=O. The van der Waals surface area contributed by atoms with Crippen LogP contribution in [0.5, 0.6) is 11.5 Å². The van der Waals surface area contributed by atoms with Crippen LogP contribution in [0.2, 0.25) is 0 Å². The van der Waals surface area contributed by atoms with Gasteiger partial charge in [-0.2, -0.15) is 5.10 Å². The maximum absolute atomic E-state index is 12.0. The Balaban J connectivity index is 1.84. The highest BCUT2D eigenvalue weighted by molar-refractivity contribution is 5.63. The number of ether oxygens (including phenoxy) is 3. The van der Waals surface area contributed by atoms with E-state index >= 15 is 0 Å². The van der Waals surface area contributed by atoms with Gasteiger partial charge in [-0.05, 0) is 38.1 Å². The monoisotopic (exact) mass is 330 g/mol. The molecule has 1 aromatic carbocycles. The Hall–Kier alpha value is -2.34. The van der Waals surface area contributed by atoms with Gasteiger partial charge in [-0.1, -0.05) is 0 Å². The maximum Gasteiger partial charge on any atom is 0.266 e. The zero-order chi connectivity index (χ0) is 16.9. The average Bonchev–Trinajstić information content (AvgIpc) is 2.81. The van der Waals surface area contributed by atoms with Gasteiger partial charge in [0.25, 0.3) is 5.56 Å². The lowest BCUT2D eigenvalue weighted by molar-refractivity contribution is 0.0702. The zero-order valence-electron chi connectivity index (χ0n) is 14.0. The molecule has 0 bridgehead atoms. The second kappa shape index (κ2) is 7.49. The number of hydrogen-bond donors (Lipinski definition) is 0. The molecule has 6 nitrogen and oxygen atoms in total. The third-order valence-corrected chi connectivity index (χ3v) is 3.66. The second-order valence-corrected chi connectivity index (χ2v) is 5.91. The van der Waals surface area contributed by atoms with Crippen LogP contribution >= 0.6 is 0 Å². The minimum atomic E-state index is -0.138. The van der Waals surface area contributed by atoms with Gasteiger partial charge in [-0.3, -0.25) is 4.79 Å². The minimum absolute atomic E-state index is 0.130. The standard InChI is InChI=1S/C18H22N2O4/c1-13(2)22-11-8-20-18(21)7-5-15(19-20)14-4-6-16-17(12-14)24-10-3-9-23-16/h4-7,12-13H,3,8-11H2,1-2H3. The molecule has 2 aromatic rings. The summed E-state index contributed by atoms with van der Waals surface area (Å²) in [7, 11) is 0. The Bertz CT molecular complexity index is 755. The minimum Gasteiger partial charge on any atom is -0.490 e. The van der Waals surface area contributed by atoms with Crippen LogP contribution in [-0.4, -0.2) is 35.7 Å². The molecule has 0 saturated carbocycles. The van der Waals surface area contributed by atoms with Crippen molar-refractivity contribution >= 4 is 0 Å². The van der Waals surface area contributed by atoms with Crippen LogP contribution < -0.4 is 15.0 Å². The van der Waals surface area contributed by atoms with E-state index in [2.05, 4.69) is 5.10 Å². The highest BCUT2D eigenvalue weighted by atomic mass is 16.5. The van der Waals surface area contributed by atoms with Gasteiger partial charge >= 0.3 is 0 Å². The van der Waals surface area contributed by atoms with Crippen molar-refractivity contribution in [1.82, 2.24) is 9.78 Å². The molecule has 2 heterocycles. The van der Waals surface area contributed by atoms with Gasteiger partial charge in [-0.15, -0.1) is 0 Å². The molecule has 1 aliphatic heterocycles. The zero-order valence-corrected chi connectivity index (χ0v) is 14.0. The third kappa shape index (κ3) is 3.94. The molecule has 3 rings (SSSR count). The van der Waals surface area contributed by atoms with Crippen LogP contribution in [-0.2, 0) is 11.3 Å². The molecule has 6 heteroatoms. The van der Waals surface area contributed by atoms with E-state index in [0.717, 1.165) is 23.4 Å². The molecule has 24 heavy (non-hydrogen) atoms. The van der Waals surface area contributed by atoms with E-state index in [4.69, 9.17) is 14.2 Å². The van der Waals surface area contributed by atoms with Gasteiger partial charge in [-0.25, -0.2) is 4.68 Å². The lowest BCUT2D eigenvalue weighted by atomic mass is 10.1. The van der Waals surface area contributed by atoms with E-state index in [1.165, 1.54) is 10.7 Å². The normalized spacial score (nSPS) is 13.8. The molecule has 0 aliphatic carbocycles. The fourth-order valence-corrected chi connectivity index (χ4v) is 2.46.